The van der Waals surface area contributed by atoms with Crippen LogP contribution in [0.2, 0.25) is 0 Å². The van der Waals surface area contributed by atoms with Crippen LogP contribution in [0, 0.1) is 12.7 Å². The zero-order valence-electron chi connectivity index (χ0n) is 12.7. The fourth-order valence-electron chi connectivity index (χ4n) is 1.75. The van der Waals surface area contributed by atoms with Crippen molar-refractivity contribution >= 4 is 10.0 Å². The molecule has 20 heavy (non-hydrogen) atoms. The Hall–Kier alpha value is -0.980. The number of hydrogen-bond acceptors (Lipinski definition) is 3. The molecule has 0 fully saturated rings. The molecule has 0 amide bonds. The molecule has 1 rings (SSSR count). The van der Waals surface area contributed by atoms with Crippen molar-refractivity contribution in [1.82, 2.24) is 9.62 Å². The molecule has 0 aromatic heterocycles. The van der Waals surface area contributed by atoms with Gasteiger partial charge < -0.3 is 5.32 Å². The first-order valence-electron chi connectivity index (χ1n) is 6.68. The smallest absolute Gasteiger partial charge is 0.242 e. The van der Waals surface area contributed by atoms with E-state index < -0.39 is 10.0 Å². The first kappa shape index (κ1) is 17.1. The van der Waals surface area contributed by atoms with Gasteiger partial charge in [-0.2, -0.15) is 0 Å². The van der Waals surface area contributed by atoms with Gasteiger partial charge in [0.1, 0.15) is 5.82 Å². The van der Waals surface area contributed by atoms with Gasteiger partial charge in [-0.1, -0.05) is 20.8 Å². The van der Waals surface area contributed by atoms with Gasteiger partial charge in [0.15, 0.2) is 0 Å². The minimum atomic E-state index is -3.55. The zero-order valence-corrected chi connectivity index (χ0v) is 13.5. The molecule has 0 aliphatic heterocycles. The summed E-state index contributed by atoms with van der Waals surface area (Å²) in [6.07, 6.45) is 0. The monoisotopic (exact) mass is 302 g/mol. The average molecular weight is 302 g/mol. The van der Waals surface area contributed by atoms with Crippen LogP contribution in [0.1, 0.15) is 31.9 Å². The van der Waals surface area contributed by atoms with Crippen molar-refractivity contribution in [3.05, 3.63) is 29.1 Å². The summed E-state index contributed by atoms with van der Waals surface area (Å²) in [4.78, 5) is 0.140. The highest BCUT2D eigenvalue weighted by atomic mass is 32.2. The van der Waals surface area contributed by atoms with Crippen LogP contribution in [-0.4, -0.2) is 32.4 Å². The summed E-state index contributed by atoms with van der Waals surface area (Å²) in [5.74, 6) is -0.351. The summed E-state index contributed by atoms with van der Waals surface area (Å²) < 4.78 is 39.9. The average Bonchev–Trinajstić information content (AvgIpc) is 2.38. The van der Waals surface area contributed by atoms with E-state index in [4.69, 9.17) is 0 Å². The van der Waals surface area contributed by atoms with Gasteiger partial charge in [-0.25, -0.2) is 17.1 Å². The number of nitrogens with one attached hydrogen (secondary N) is 1. The first-order chi connectivity index (χ1) is 9.20. The maximum atomic E-state index is 14.1. The fourth-order valence-corrected chi connectivity index (χ4v) is 3.07. The molecule has 0 aliphatic carbocycles. The third-order valence-corrected chi connectivity index (χ3v) is 5.07. The zero-order chi connectivity index (χ0) is 15.5. The Labute approximate surface area is 121 Å². The second-order valence-electron chi connectivity index (χ2n) is 5.17. The van der Waals surface area contributed by atoms with Gasteiger partial charge in [0.05, 0.1) is 4.90 Å². The number of rotatable bonds is 6. The highest BCUT2D eigenvalue weighted by molar-refractivity contribution is 7.89. The summed E-state index contributed by atoms with van der Waals surface area (Å²) in [5.41, 5.74) is 0.720. The van der Waals surface area contributed by atoms with E-state index in [2.05, 4.69) is 5.32 Å². The summed E-state index contributed by atoms with van der Waals surface area (Å²) in [6.45, 7) is 7.93. The molecule has 0 radical (unpaired) electrons. The fraction of sp³-hybridized carbons (Fsp3) is 0.571. The maximum absolute atomic E-state index is 14.1. The molecule has 0 saturated carbocycles. The maximum Gasteiger partial charge on any atom is 0.242 e. The van der Waals surface area contributed by atoms with Gasteiger partial charge in [-0.15, -0.1) is 0 Å². The molecular weight excluding hydrogens is 279 g/mol. The lowest BCUT2D eigenvalue weighted by Gasteiger charge is -2.17. The van der Waals surface area contributed by atoms with Crippen molar-refractivity contribution in [3.8, 4) is 0 Å². The molecule has 4 nitrogen and oxygen atoms in total. The second-order valence-corrected chi connectivity index (χ2v) is 7.21. The first-order valence-corrected chi connectivity index (χ1v) is 8.12. The third kappa shape index (κ3) is 3.77. The number of sulfonamides is 1. The minimum absolute atomic E-state index is 0.140. The molecule has 1 aromatic rings. The van der Waals surface area contributed by atoms with Gasteiger partial charge in [0, 0.05) is 31.7 Å². The van der Waals surface area contributed by atoms with Crippen LogP contribution in [0.25, 0.3) is 0 Å². The number of benzene rings is 1. The quantitative estimate of drug-likeness (QED) is 0.877. The molecule has 1 N–H and O–H groups in total. The molecule has 0 heterocycles. The molecule has 0 aliphatic rings. The van der Waals surface area contributed by atoms with Crippen LogP contribution < -0.4 is 5.32 Å². The van der Waals surface area contributed by atoms with Crippen molar-refractivity contribution in [1.29, 1.82) is 0 Å². The van der Waals surface area contributed by atoms with Gasteiger partial charge in [-0.05, 0) is 24.6 Å². The second kappa shape index (κ2) is 6.65. The van der Waals surface area contributed by atoms with Gasteiger partial charge >= 0.3 is 0 Å². The highest BCUT2D eigenvalue weighted by Crippen LogP contribution is 2.21. The molecule has 0 atom stereocenters. The van der Waals surface area contributed by atoms with E-state index in [-0.39, 0.29) is 16.8 Å². The Balaban J connectivity index is 3.24. The van der Waals surface area contributed by atoms with Crippen molar-refractivity contribution in [2.75, 3.05) is 13.6 Å². The topological polar surface area (TPSA) is 49.4 Å². The lowest BCUT2D eigenvalue weighted by molar-refractivity contribution is 0.485. The molecule has 6 heteroatoms. The van der Waals surface area contributed by atoms with Gasteiger partial charge in [0.2, 0.25) is 10.0 Å². The highest BCUT2D eigenvalue weighted by Gasteiger charge is 2.22. The molecule has 114 valence electrons. The van der Waals surface area contributed by atoms with Crippen molar-refractivity contribution in [3.63, 3.8) is 0 Å². The Kier molecular flexibility index (Phi) is 5.68. The van der Waals surface area contributed by atoms with E-state index >= 15 is 0 Å². The Bertz CT molecular complexity index is 571. The van der Waals surface area contributed by atoms with Crippen molar-refractivity contribution < 1.29 is 12.8 Å². The van der Waals surface area contributed by atoms with Crippen LogP contribution in [-0.2, 0) is 16.6 Å². The predicted molar refractivity (Wildman–Crippen MR) is 78.6 cm³/mol. The minimum Gasteiger partial charge on any atom is -0.310 e. The predicted octanol–water partition coefficient (Wildman–Crippen LogP) is 2.27. The lowest BCUT2D eigenvalue weighted by atomic mass is 10.1. The Morgan fingerprint density at radius 2 is 1.95 bits per heavy atom. The number of hydrogen-bond donors (Lipinski definition) is 1. The van der Waals surface area contributed by atoms with Crippen molar-refractivity contribution in [2.45, 2.75) is 45.2 Å². The molecule has 0 unspecified atom stereocenters. The lowest BCUT2D eigenvalue weighted by Crippen LogP contribution is -2.27. The number of nitrogens with zero attached hydrogens (tertiary/aromatic N) is 1. The van der Waals surface area contributed by atoms with Crippen LogP contribution in [0.5, 0.6) is 0 Å². The van der Waals surface area contributed by atoms with E-state index in [1.165, 1.54) is 23.5 Å². The summed E-state index contributed by atoms with van der Waals surface area (Å²) in [6, 6.07) is 3.00. The van der Waals surface area contributed by atoms with E-state index in [0.29, 0.717) is 24.2 Å². The molecule has 0 bridgehead atoms. The Morgan fingerprint density at radius 3 is 2.45 bits per heavy atom. The number of aryl methyl sites for hydroxylation is 1. The largest absolute Gasteiger partial charge is 0.310 e. The van der Waals surface area contributed by atoms with Crippen LogP contribution in [0.3, 0.4) is 0 Å². The van der Waals surface area contributed by atoms with E-state index in [9.17, 15) is 12.8 Å². The Morgan fingerprint density at radius 1 is 1.35 bits per heavy atom. The molecule has 0 saturated heterocycles. The SMILES string of the molecule is CCN(C)S(=O)(=O)c1cc(C)c(F)c(CNC(C)C)c1. The van der Waals surface area contributed by atoms with E-state index in [1.807, 2.05) is 13.8 Å². The number of halogens is 1. The van der Waals surface area contributed by atoms with Crippen LogP contribution >= 0.6 is 0 Å². The summed E-state index contributed by atoms with van der Waals surface area (Å²) >= 11 is 0. The third-order valence-electron chi connectivity index (χ3n) is 3.16. The standard InChI is InChI=1S/C14H23FN2O2S/c1-6-17(5)20(18,19)13-7-11(4)14(15)12(8-13)9-16-10(2)3/h7-8,10,16H,6,9H2,1-5H3. The van der Waals surface area contributed by atoms with Crippen LogP contribution in [0.15, 0.2) is 17.0 Å². The normalized spacial score (nSPS) is 12.4. The van der Waals surface area contributed by atoms with Crippen molar-refractivity contribution in [2.24, 2.45) is 0 Å². The van der Waals surface area contributed by atoms with Crippen LogP contribution in [0.4, 0.5) is 4.39 Å². The molecule has 1 aromatic carbocycles. The van der Waals surface area contributed by atoms with E-state index in [1.54, 1.807) is 13.8 Å². The van der Waals surface area contributed by atoms with Gasteiger partial charge in [-0.3, -0.25) is 0 Å². The molecule has 0 spiro atoms. The molecular formula is C14H23FN2O2S. The summed E-state index contributed by atoms with van der Waals surface area (Å²) in [7, 11) is -2.04. The van der Waals surface area contributed by atoms with Gasteiger partial charge in [0.25, 0.3) is 0 Å². The van der Waals surface area contributed by atoms with E-state index in [0.717, 1.165) is 0 Å². The summed E-state index contributed by atoms with van der Waals surface area (Å²) in [5, 5.41) is 3.10.